The summed E-state index contributed by atoms with van der Waals surface area (Å²) in [6, 6.07) is 0. The van der Waals surface area contributed by atoms with Crippen LogP contribution in [0.1, 0.15) is 82.3 Å². The van der Waals surface area contributed by atoms with Gasteiger partial charge in [-0.25, -0.2) is 4.98 Å². The van der Waals surface area contributed by atoms with Crippen LogP contribution in [0.25, 0.3) is 6.08 Å². The minimum Gasteiger partial charge on any atom is -0.458 e. The number of aliphatic hydroxyl groups excluding tert-OH is 2. The van der Waals surface area contributed by atoms with E-state index in [1.807, 2.05) is 33.8 Å². The SMILES string of the molecule is C/C(=C\c1nc(C)sc1C)[C@@H]1C[C@@H]2O[C@@H]2CCC[C@H](C)[C@H](O)[C@@H](C)C(=O)C(C)(C)[C@@H](O)CC(=O)O1. The quantitative estimate of drug-likeness (QED) is 0.451. The number of ether oxygens (including phenoxy) is 2. The van der Waals surface area contributed by atoms with Crippen LogP contribution in [0.5, 0.6) is 0 Å². The van der Waals surface area contributed by atoms with Gasteiger partial charge in [-0.3, -0.25) is 9.59 Å². The van der Waals surface area contributed by atoms with Crippen molar-refractivity contribution in [2.45, 2.75) is 111 Å². The Bertz CT molecular complexity index is 953. The van der Waals surface area contributed by atoms with Gasteiger partial charge in [0.15, 0.2) is 0 Å². The molecular formula is C27H41NO6S. The van der Waals surface area contributed by atoms with Gasteiger partial charge in [0, 0.05) is 17.2 Å². The number of rotatable bonds is 2. The molecule has 0 spiro atoms. The zero-order valence-corrected chi connectivity index (χ0v) is 22.9. The van der Waals surface area contributed by atoms with E-state index in [2.05, 4.69) is 4.98 Å². The summed E-state index contributed by atoms with van der Waals surface area (Å²) < 4.78 is 11.8. The van der Waals surface area contributed by atoms with E-state index in [9.17, 15) is 19.8 Å². The Morgan fingerprint density at radius 1 is 1.14 bits per heavy atom. The molecule has 3 rings (SSSR count). The first kappa shape index (κ1) is 28.0. The Labute approximate surface area is 212 Å². The third kappa shape index (κ3) is 6.79. The molecule has 0 unspecified atom stereocenters. The van der Waals surface area contributed by atoms with Gasteiger partial charge in [-0.05, 0) is 51.2 Å². The van der Waals surface area contributed by atoms with Crippen LogP contribution in [0.15, 0.2) is 5.57 Å². The number of carbonyl (C=O) groups is 2. The Morgan fingerprint density at radius 3 is 2.46 bits per heavy atom. The predicted octanol–water partition coefficient (Wildman–Crippen LogP) is 4.40. The van der Waals surface area contributed by atoms with Crippen LogP contribution in [-0.4, -0.2) is 57.5 Å². The molecule has 1 aromatic rings. The van der Waals surface area contributed by atoms with Crippen molar-refractivity contribution in [1.29, 1.82) is 0 Å². The second-order valence-electron chi connectivity index (χ2n) is 11.0. The highest BCUT2D eigenvalue weighted by Gasteiger charge is 2.44. The smallest absolute Gasteiger partial charge is 0.309 e. The van der Waals surface area contributed by atoms with Crippen LogP contribution in [-0.2, 0) is 19.1 Å². The molecule has 2 fully saturated rings. The molecule has 7 atom stereocenters. The molecule has 7 nitrogen and oxygen atoms in total. The lowest BCUT2D eigenvalue weighted by molar-refractivity contribution is -0.154. The third-order valence-electron chi connectivity index (χ3n) is 7.70. The minimum absolute atomic E-state index is 0.00409. The molecule has 1 aromatic heterocycles. The van der Waals surface area contributed by atoms with Crippen molar-refractivity contribution in [2.75, 3.05) is 0 Å². The van der Waals surface area contributed by atoms with Gasteiger partial charge in [0.2, 0.25) is 0 Å². The standard InChI is InChI=1S/C27H41NO6S/c1-14-9-8-10-20-22(33-20)12-21(15(2)11-19-17(4)35-18(5)28-19)34-24(30)13-23(29)27(6,7)26(32)16(3)25(14)31/h11,14,16,20-23,25,29,31H,8-10,12-13H2,1-7H3/b15-11+/t14-,16+,20+,21-,22-,23-,25-/m0/s1. The second-order valence-corrected chi connectivity index (χ2v) is 12.4. The van der Waals surface area contributed by atoms with Gasteiger partial charge in [0.1, 0.15) is 11.9 Å². The topological polar surface area (TPSA) is 109 Å². The summed E-state index contributed by atoms with van der Waals surface area (Å²) in [4.78, 5) is 31.8. The van der Waals surface area contributed by atoms with Crippen molar-refractivity contribution in [2.24, 2.45) is 17.3 Å². The number of carbonyl (C=O) groups excluding carboxylic acids is 2. The Balaban J connectivity index is 1.84. The number of thiazole rings is 1. The summed E-state index contributed by atoms with van der Waals surface area (Å²) in [5.41, 5.74) is 0.545. The monoisotopic (exact) mass is 507 g/mol. The van der Waals surface area contributed by atoms with Crippen molar-refractivity contribution in [3.63, 3.8) is 0 Å². The molecule has 2 aliphatic rings. The van der Waals surface area contributed by atoms with E-state index < -0.39 is 35.6 Å². The van der Waals surface area contributed by atoms with E-state index >= 15 is 0 Å². The number of aliphatic hydroxyl groups is 2. The van der Waals surface area contributed by atoms with Crippen LogP contribution in [0.3, 0.4) is 0 Å². The summed E-state index contributed by atoms with van der Waals surface area (Å²) in [7, 11) is 0. The van der Waals surface area contributed by atoms with Gasteiger partial charge < -0.3 is 19.7 Å². The van der Waals surface area contributed by atoms with Gasteiger partial charge in [-0.2, -0.15) is 0 Å². The fourth-order valence-corrected chi connectivity index (χ4v) is 5.79. The zero-order chi connectivity index (χ0) is 26.1. The second kappa shape index (κ2) is 11.2. The number of Topliss-reactive ketones (excluding diaryl/α,β-unsaturated/α-hetero) is 1. The van der Waals surface area contributed by atoms with Crippen molar-refractivity contribution in [3.05, 3.63) is 21.2 Å². The molecule has 0 radical (unpaired) electrons. The average molecular weight is 508 g/mol. The highest BCUT2D eigenvalue weighted by molar-refractivity contribution is 7.11. The summed E-state index contributed by atoms with van der Waals surface area (Å²) in [6.45, 7) is 12.8. The molecule has 0 amide bonds. The number of fused-ring (bicyclic) bond motifs is 1. The van der Waals surface area contributed by atoms with Gasteiger partial charge in [0.05, 0.1) is 47.0 Å². The highest BCUT2D eigenvalue weighted by atomic mass is 32.1. The fourth-order valence-electron chi connectivity index (χ4n) is 5.00. The largest absolute Gasteiger partial charge is 0.458 e. The summed E-state index contributed by atoms with van der Waals surface area (Å²) in [6.07, 6.45) is 2.30. The Hall–Kier alpha value is -1.61. The van der Waals surface area contributed by atoms with Crippen LogP contribution in [0.2, 0.25) is 0 Å². The molecular weight excluding hydrogens is 466 g/mol. The molecule has 0 bridgehead atoms. The number of aryl methyl sites for hydroxylation is 2. The molecule has 35 heavy (non-hydrogen) atoms. The van der Waals surface area contributed by atoms with Crippen molar-refractivity contribution >= 4 is 29.2 Å². The first-order valence-electron chi connectivity index (χ1n) is 12.7. The van der Waals surface area contributed by atoms with E-state index in [0.717, 1.165) is 40.4 Å². The Morgan fingerprint density at radius 2 is 1.83 bits per heavy atom. The van der Waals surface area contributed by atoms with Crippen LogP contribution in [0.4, 0.5) is 0 Å². The Kier molecular flexibility index (Phi) is 8.95. The average Bonchev–Trinajstić information content (AvgIpc) is 3.44. The molecule has 2 saturated heterocycles. The third-order valence-corrected chi connectivity index (χ3v) is 8.61. The molecule has 0 aliphatic carbocycles. The van der Waals surface area contributed by atoms with E-state index in [4.69, 9.17) is 9.47 Å². The molecule has 2 N–H and O–H groups in total. The van der Waals surface area contributed by atoms with E-state index in [1.165, 1.54) is 0 Å². The van der Waals surface area contributed by atoms with Gasteiger partial charge in [-0.1, -0.05) is 34.1 Å². The lowest BCUT2D eigenvalue weighted by Gasteiger charge is -2.34. The first-order chi connectivity index (χ1) is 16.3. The number of cyclic esters (lactones) is 1. The molecule has 2 aliphatic heterocycles. The molecule has 0 saturated carbocycles. The number of nitrogens with zero attached hydrogens (tertiary/aromatic N) is 1. The molecule has 0 aromatic carbocycles. The maximum absolute atomic E-state index is 13.2. The number of esters is 1. The van der Waals surface area contributed by atoms with Gasteiger partial charge in [0.25, 0.3) is 0 Å². The number of hydrogen-bond acceptors (Lipinski definition) is 8. The van der Waals surface area contributed by atoms with Crippen molar-refractivity contribution < 1.29 is 29.3 Å². The zero-order valence-electron chi connectivity index (χ0n) is 22.0. The van der Waals surface area contributed by atoms with Crippen molar-refractivity contribution in [1.82, 2.24) is 4.98 Å². The minimum atomic E-state index is -1.22. The van der Waals surface area contributed by atoms with Crippen LogP contribution >= 0.6 is 11.3 Å². The fraction of sp³-hybridized carbons (Fsp3) is 0.741. The van der Waals surface area contributed by atoms with Crippen molar-refractivity contribution in [3.8, 4) is 0 Å². The summed E-state index contributed by atoms with van der Waals surface area (Å²) in [5.74, 6) is -1.52. The van der Waals surface area contributed by atoms with Gasteiger partial charge >= 0.3 is 5.97 Å². The maximum atomic E-state index is 13.2. The molecule has 196 valence electrons. The van der Waals surface area contributed by atoms with E-state index in [-0.39, 0.29) is 30.3 Å². The summed E-state index contributed by atoms with van der Waals surface area (Å²) in [5, 5.41) is 22.6. The maximum Gasteiger partial charge on any atom is 0.309 e. The van der Waals surface area contributed by atoms with Crippen LogP contribution < -0.4 is 0 Å². The van der Waals surface area contributed by atoms with E-state index in [0.29, 0.717) is 6.42 Å². The van der Waals surface area contributed by atoms with E-state index in [1.54, 1.807) is 32.1 Å². The number of ketones is 1. The lowest BCUT2D eigenvalue weighted by atomic mass is 9.73. The molecule has 8 heteroatoms. The van der Waals surface area contributed by atoms with Crippen LogP contribution in [0, 0.1) is 31.1 Å². The highest BCUT2D eigenvalue weighted by Crippen LogP contribution is 2.36. The first-order valence-corrected chi connectivity index (χ1v) is 13.5. The number of hydrogen-bond donors (Lipinski definition) is 2. The molecule has 3 heterocycles. The lowest BCUT2D eigenvalue weighted by Crippen LogP contribution is -2.45. The number of epoxide rings is 1. The predicted molar refractivity (Wildman–Crippen MR) is 136 cm³/mol. The summed E-state index contributed by atoms with van der Waals surface area (Å²) >= 11 is 1.62. The van der Waals surface area contributed by atoms with Gasteiger partial charge in [-0.15, -0.1) is 11.3 Å². The normalized spacial score (nSPS) is 35.3. The number of aromatic nitrogens is 1.